The van der Waals surface area contributed by atoms with Gasteiger partial charge in [-0.15, -0.1) is 0 Å². The van der Waals surface area contributed by atoms with Crippen LogP contribution in [0.1, 0.15) is 36.5 Å². The summed E-state index contributed by atoms with van der Waals surface area (Å²) >= 11 is 0. The Morgan fingerprint density at radius 2 is 2.19 bits per heavy atom. The summed E-state index contributed by atoms with van der Waals surface area (Å²) in [6.45, 7) is 2.53. The fourth-order valence-corrected chi connectivity index (χ4v) is 2.38. The van der Waals surface area contributed by atoms with Crippen LogP contribution in [-0.2, 0) is 9.53 Å². The topological polar surface area (TPSA) is 68.7 Å². The maximum atomic E-state index is 12.1. The molecule has 114 valence electrons. The lowest BCUT2D eigenvalue weighted by atomic mass is 10.0. The molecule has 1 atom stereocenters. The highest BCUT2D eigenvalue weighted by Gasteiger charge is 2.24. The summed E-state index contributed by atoms with van der Waals surface area (Å²) in [6, 6.07) is 3.35. The number of ether oxygens (including phenoxy) is 2. The number of likely N-dealkylation sites (tertiary alicyclic amines) is 1. The Bertz CT molecular complexity index is 501. The Morgan fingerprint density at radius 1 is 1.38 bits per heavy atom. The van der Waals surface area contributed by atoms with Gasteiger partial charge in [0.2, 0.25) is 5.88 Å². The van der Waals surface area contributed by atoms with Crippen molar-refractivity contribution in [3.05, 3.63) is 23.9 Å². The molecule has 1 aromatic rings. The molecule has 1 unspecified atom stereocenters. The van der Waals surface area contributed by atoms with Crippen molar-refractivity contribution in [3.8, 4) is 5.88 Å². The predicted molar refractivity (Wildman–Crippen MR) is 76.1 cm³/mol. The van der Waals surface area contributed by atoms with Crippen molar-refractivity contribution in [2.45, 2.75) is 32.2 Å². The lowest BCUT2D eigenvalue weighted by Gasteiger charge is -2.33. The summed E-state index contributed by atoms with van der Waals surface area (Å²) < 4.78 is 9.97. The van der Waals surface area contributed by atoms with E-state index in [1.165, 1.54) is 13.3 Å². The normalized spacial score (nSPS) is 18.2. The maximum Gasteiger partial charge on any atom is 0.340 e. The van der Waals surface area contributed by atoms with Gasteiger partial charge in [0.1, 0.15) is 0 Å². The molecule has 6 nitrogen and oxygen atoms in total. The number of amides is 1. The van der Waals surface area contributed by atoms with Gasteiger partial charge in [0, 0.05) is 24.8 Å². The molecule has 1 aliphatic heterocycles. The molecule has 1 amide bonds. The molecule has 2 rings (SSSR count). The van der Waals surface area contributed by atoms with E-state index in [2.05, 4.69) is 4.98 Å². The van der Waals surface area contributed by atoms with E-state index in [-0.39, 0.29) is 18.6 Å². The third kappa shape index (κ3) is 3.93. The number of hydrogen-bond acceptors (Lipinski definition) is 5. The molecule has 0 bridgehead atoms. The molecule has 0 aliphatic carbocycles. The van der Waals surface area contributed by atoms with Gasteiger partial charge in [-0.05, 0) is 32.3 Å². The van der Waals surface area contributed by atoms with Crippen LogP contribution in [0.3, 0.4) is 0 Å². The van der Waals surface area contributed by atoms with Crippen LogP contribution < -0.4 is 4.74 Å². The molecule has 1 saturated heterocycles. The number of hydrogen-bond donors (Lipinski definition) is 0. The minimum atomic E-state index is -0.553. The summed E-state index contributed by atoms with van der Waals surface area (Å²) in [7, 11) is 1.50. The van der Waals surface area contributed by atoms with Gasteiger partial charge in [0.15, 0.2) is 6.61 Å². The Hall–Kier alpha value is -2.11. The Balaban J connectivity index is 1.86. The van der Waals surface area contributed by atoms with Crippen molar-refractivity contribution < 1.29 is 19.1 Å². The first-order valence-corrected chi connectivity index (χ1v) is 7.08. The van der Waals surface area contributed by atoms with Crippen LogP contribution in [0.25, 0.3) is 0 Å². The van der Waals surface area contributed by atoms with Crippen molar-refractivity contribution >= 4 is 11.9 Å². The highest BCUT2D eigenvalue weighted by atomic mass is 16.5. The number of carbonyl (C=O) groups is 2. The molecule has 1 aromatic heterocycles. The summed E-state index contributed by atoms with van der Waals surface area (Å²) in [4.78, 5) is 29.6. The lowest BCUT2D eigenvalue weighted by Crippen LogP contribution is -2.44. The van der Waals surface area contributed by atoms with Gasteiger partial charge in [0.25, 0.3) is 5.91 Å². The van der Waals surface area contributed by atoms with E-state index in [4.69, 9.17) is 9.47 Å². The molecule has 1 aliphatic rings. The predicted octanol–water partition coefficient (Wildman–Crippen LogP) is 1.65. The smallest absolute Gasteiger partial charge is 0.340 e. The average Bonchev–Trinajstić information content (AvgIpc) is 2.52. The van der Waals surface area contributed by atoms with Crippen molar-refractivity contribution in [1.82, 2.24) is 9.88 Å². The van der Waals surface area contributed by atoms with E-state index in [0.29, 0.717) is 11.4 Å². The van der Waals surface area contributed by atoms with Crippen LogP contribution in [0, 0.1) is 0 Å². The second kappa shape index (κ2) is 7.06. The number of aromatic nitrogens is 1. The summed E-state index contributed by atoms with van der Waals surface area (Å²) in [5.41, 5.74) is 0.301. The first-order chi connectivity index (χ1) is 10.1. The van der Waals surface area contributed by atoms with Crippen molar-refractivity contribution in [1.29, 1.82) is 0 Å². The van der Waals surface area contributed by atoms with Gasteiger partial charge < -0.3 is 14.4 Å². The van der Waals surface area contributed by atoms with Gasteiger partial charge >= 0.3 is 5.97 Å². The second-order valence-corrected chi connectivity index (χ2v) is 5.10. The first-order valence-electron chi connectivity index (χ1n) is 7.08. The number of piperidine rings is 1. The van der Waals surface area contributed by atoms with Crippen LogP contribution in [0.5, 0.6) is 5.88 Å². The molecule has 1 fully saturated rings. The molecular formula is C15H20N2O4. The highest BCUT2D eigenvalue weighted by Crippen LogP contribution is 2.16. The zero-order chi connectivity index (χ0) is 15.2. The maximum absolute atomic E-state index is 12.1. The third-order valence-electron chi connectivity index (χ3n) is 3.63. The van der Waals surface area contributed by atoms with E-state index in [0.717, 1.165) is 25.8 Å². The molecule has 0 spiro atoms. The van der Waals surface area contributed by atoms with Gasteiger partial charge in [-0.1, -0.05) is 0 Å². The number of rotatable bonds is 4. The zero-order valence-electron chi connectivity index (χ0n) is 12.4. The number of nitrogens with zero attached hydrogens (tertiary/aromatic N) is 2. The summed E-state index contributed by atoms with van der Waals surface area (Å²) in [5, 5.41) is 0. The molecule has 0 N–H and O–H groups in total. The molecule has 6 heteroatoms. The van der Waals surface area contributed by atoms with Gasteiger partial charge in [-0.25, -0.2) is 9.78 Å². The number of methoxy groups -OCH3 is 1. The van der Waals surface area contributed by atoms with Crippen molar-refractivity contribution in [2.75, 3.05) is 20.3 Å². The Labute approximate surface area is 124 Å². The molecule has 2 heterocycles. The van der Waals surface area contributed by atoms with Crippen LogP contribution in [-0.4, -0.2) is 48.1 Å². The monoisotopic (exact) mass is 292 g/mol. The van der Waals surface area contributed by atoms with Crippen molar-refractivity contribution in [2.24, 2.45) is 0 Å². The van der Waals surface area contributed by atoms with Gasteiger partial charge in [-0.2, -0.15) is 0 Å². The van der Waals surface area contributed by atoms with Gasteiger partial charge in [-0.3, -0.25) is 4.79 Å². The minimum absolute atomic E-state index is 0.142. The molecule has 21 heavy (non-hydrogen) atoms. The minimum Gasteiger partial charge on any atom is -0.481 e. The lowest BCUT2D eigenvalue weighted by molar-refractivity contribution is -0.137. The molecule has 0 saturated carbocycles. The fourth-order valence-electron chi connectivity index (χ4n) is 2.38. The van der Waals surface area contributed by atoms with E-state index in [1.807, 2.05) is 6.92 Å². The number of pyridine rings is 1. The van der Waals surface area contributed by atoms with E-state index in [9.17, 15) is 9.59 Å². The summed E-state index contributed by atoms with van der Waals surface area (Å²) in [5.74, 6) is -0.273. The summed E-state index contributed by atoms with van der Waals surface area (Å²) in [6.07, 6.45) is 4.52. The van der Waals surface area contributed by atoms with E-state index in [1.54, 1.807) is 17.0 Å². The number of esters is 1. The molecule has 0 radical (unpaired) electrons. The highest BCUT2D eigenvalue weighted by molar-refractivity contribution is 5.91. The zero-order valence-corrected chi connectivity index (χ0v) is 12.4. The first kappa shape index (κ1) is 15.3. The largest absolute Gasteiger partial charge is 0.481 e. The van der Waals surface area contributed by atoms with E-state index < -0.39 is 5.97 Å². The SMILES string of the molecule is COc1ccc(C(=O)OCC(=O)N2CCCCC2C)cn1. The van der Waals surface area contributed by atoms with Crippen LogP contribution in [0.15, 0.2) is 18.3 Å². The Kier molecular flexibility index (Phi) is 5.14. The van der Waals surface area contributed by atoms with E-state index >= 15 is 0 Å². The quantitative estimate of drug-likeness (QED) is 0.789. The second-order valence-electron chi connectivity index (χ2n) is 5.10. The molecule has 0 aromatic carbocycles. The third-order valence-corrected chi connectivity index (χ3v) is 3.63. The van der Waals surface area contributed by atoms with Crippen LogP contribution in [0.4, 0.5) is 0 Å². The number of carbonyl (C=O) groups excluding carboxylic acids is 2. The Morgan fingerprint density at radius 3 is 2.81 bits per heavy atom. The molecular weight excluding hydrogens is 272 g/mol. The standard InChI is InChI=1S/C15H20N2O4/c1-11-5-3-4-8-17(11)14(18)10-21-15(19)12-6-7-13(20-2)16-9-12/h6-7,9,11H,3-5,8,10H2,1-2H3. The van der Waals surface area contributed by atoms with Gasteiger partial charge in [0.05, 0.1) is 12.7 Å². The van der Waals surface area contributed by atoms with Crippen LogP contribution in [0.2, 0.25) is 0 Å². The van der Waals surface area contributed by atoms with Crippen molar-refractivity contribution in [3.63, 3.8) is 0 Å². The van der Waals surface area contributed by atoms with Crippen LogP contribution >= 0.6 is 0 Å². The fraction of sp³-hybridized carbons (Fsp3) is 0.533. The average molecular weight is 292 g/mol.